The lowest BCUT2D eigenvalue weighted by atomic mass is 9.97. The second kappa shape index (κ2) is 9.48. The molecule has 0 saturated carbocycles. The number of benzene rings is 2. The molecule has 1 atom stereocenters. The van der Waals surface area contributed by atoms with E-state index in [2.05, 4.69) is 0 Å². The molecule has 2 fully saturated rings. The number of nitrogens with zero attached hydrogens (tertiary/aromatic N) is 3. The maximum Gasteiger partial charge on any atom is 0.254 e. The SMILES string of the molecule is Cn1cc(C[C@H]2COCCN2C(=O)c2ccc(Cl)c(O)c2)c2cc(C(=O)N3CC(C(N)=O)C3)ccc21. The molecule has 2 aliphatic heterocycles. The minimum absolute atomic E-state index is 0.135. The number of primary amides is 1. The Morgan fingerprint density at radius 3 is 2.56 bits per heavy atom. The summed E-state index contributed by atoms with van der Waals surface area (Å²) in [6.07, 6.45) is 2.55. The third-order valence-corrected chi connectivity index (χ3v) is 7.35. The van der Waals surface area contributed by atoms with Crippen molar-refractivity contribution in [1.82, 2.24) is 14.4 Å². The highest BCUT2D eigenvalue weighted by Gasteiger charge is 2.35. The number of halogens is 1. The van der Waals surface area contributed by atoms with Gasteiger partial charge in [0.1, 0.15) is 5.75 Å². The zero-order valence-corrected chi connectivity index (χ0v) is 20.6. The lowest BCUT2D eigenvalue weighted by molar-refractivity contribution is -0.125. The smallest absolute Gasteiger partial charge is 0.254 e. The first-order valence-corrected chi connectivity index (χ1v) is 12.1. The predicted molar refractivity (Wildman–Crippen MR) is 134 cm³/mol. The molecule has 188 valence electrons. The Bertz CT molecular complexity index is 1360. The lowest BCUT2D eigenvalue weighted by Crippen LogP contribution is -2.54. The van der Waals surface area contributed by atoms with Crippen LogP contribution in [0.15, 0.2) is 42.6 Å². The monoisotopic (exact) mass is 510 g/mol. The molecule has 0 radical (unpaired) electrons. The molecule has 0 bridgehead atoms. The molecule has 2 saturated heterocycles. The zero-order chi connectivity index (χ0) is 25.6. The number of fused-ring (bicyclic) bond motifs is 1. The van der Waals surface area contributed by atoms with E-state index >= 15 is 0 Å². The Balaban J connectivity index is 1.39. The number of nitrogens with two attached hydrogens (primary N) is 1. The van der Waals surface area contributed by atoms with Crippen molar-refractivity contribution in [1.29, 1.82) is 0 Å². The Labute approximate surface area is 213 Å². The van der Waals surface area contributed by atoms with E-state index in [1.54, 1.807) is 21.9 Å². The van der Waals surface area contributed by atoms with E-state index in [9.17, 15) is 19.5 Å². The molecule has 3 heterocycles. The second-order valence-electron chi connectivity index (χ2n) is 9.40. The molecule has 2 aliphatic rings. The van der Waals surface area contributed by atoms with Gasteiger partial charge in [-0.05, 0) is 48.4 Å². The average Bonchev–Trinajstić information content (AvgIpc) is 3.14. The van der Waals surface area contributed by atoms with E-state index in [0.29, 0.717) is 50.4 Å². The van der Waals surface area contributed by atoms with Gasteiger partial charge >= 0.3 is 0 Å². The molecule has 5 rings (SSSR count). The van der Waals surface area contributed by atoms with Gasteiger partial charge in [-0.3, -0.25) is 14.4 Å². The van der Waals surface area contributed by atoms with Crippen molar-refractivity contribution in [2.75, 3.05) is 32.8 Å². The van der Waals surface area contributed by atoms with Crippen molar-refractivity contribution in [2.45, 2.75) is 12.5 Å². The summed E-state index contributed by atoms with van der Waals surface area (Å²) in [6, 6.07) is 9.84. The summed E-state index contributed by atoms with van der Waals surface area (Å²) in [5.74, 6) is -1.15. The van der Waals surface area contributed by atoms with Crippen molar-refractivity contribution >= 4 is 40.2 Å². The van der Waals surface area contributed by atoms with E-state index in [1.807, 2.05) is 29.9 Å². The van der Waals surface area contributed by atoms with Crippen LogP contribution in [0.4, 0.5) is 0 Å². The molecule has 3 amide bonds. The molecule has 0 spiro atoms. The third-order valence-electron chi connectivity index (χ3n) is 7.03. The average molecular weight is 511 g/mol. The molecule has 0 aliphatic carbocycles. The number of aromatic nitrogens is 1. The van der Waals surface area contributed by atoms with Gasteiger partial charge in [0.2, 0.25) is 5.91 Å². The van der Waals surface area contributed by atoms with Crippen molar-refractivity contribution in [2.24, 2.45) is 18.7 Å². The van der Waals surface area contributed by atoms with Crippen molar-refractivity contribution in [3.8, 4) is 5.75 Å². The van der Waals surface area contributed by atoms with Crippen LogP contribution in [0.25, 0.3) is 10.9 Å². The lowest BCUT2D eigenvalue weighted by Gasteiger charge is -2.37. The van der Waals surface area contributed by atoms with E-state index in [0.717, 1.165) is 16.5 Å². The van der Waals surface area contributed by atoms with E-state index in [4.69, 9.17) is 22.1 Å². The fourth-order valence-corrected chi connectivity index (χ4v) is 5.05. The van der Waals surface area contributed by atoms with Gasteiger partial charge in [-0.1, -0.05) is 11.6 Å². The summed E-state index contributed by atoms with van der Waals surface area (Å²) in [4.78, 5) is 41.0. The number of phenolic OH excluding ortho intramolecular Hbond substituents is 1. The van der Waals surface area contributed by atoms with Gasteiger partial charge in [-0.15, -0.1) is 0 Å². The van der Waals surface area contributed by atoms with Crippen molar-refractivity contribution in [3.05, 3.63) is 64.3 Å². The summed E-state index contributed by atoms with van der Waals surface area (Å²) in [5.41, 5.74) is 8.20. The van der Waals surface area contributed by atoms with Gasteiger partial charge in [0.25, 0.3) is 11.8 Å². The van der Waals surface area contributed by atoms with Crippen molar-refractivity contribution in [3.63, 3.8) is 0 Å². The first-order valence-electron chi connectivity index (χ1n) is 11.8. The number of phenols is 1. The topological polar surface area (TPSA) is 118 Å². The quantitative estimate of drug-likeness (QED) is 0.545. The normalized spacial score (nSPS) is 18.3. The van der Waals surface area contributed by atoms with Gasteiger partial charge in [0.05, 0.1) is 30.2 Å². The minimum Gasteiger partial charge on any atom is -0.506 e. The molecule has 1 aromatic heterocycles. The number of hydrogen-bond acceptors (Lipinski definition) is 5. The second-order valence-corrected chi connectivity index (χ2v) is 9.81. The van der Waals surface area contributed by atoms with Crippen LogP contribution in [0.3, 0.4) is 0 Å². The van der Waals surface area contributed by atoms with Crippen LogP contribution >= 0.6 is 11.6 Å². The van der Waals surface area contributed by atoms with Crippen LogP contribution in [0.5, 0.6) is 5.75 Å². The largest absolute Gasteiger partial charge is 0.506 e. The predicted octanol–water partition coefficient (Wildman–Crippen LogP) is 2.18. The zero-order valence-electron chi connectivity index (χ0n) is 19.8. The number of carbonyl (C=O) groups is 3. The van der Waals surface area contributed by atoms with Crippen LogP contribution < -0.4 is 5.73 Å². The molecule has 9 nitrogen and oxygen atoms in total. The Morgan fingerprint density at radius 1 is 1.11 bits per heavy atom. The highest BCUT2D eigenvalue weighted by molar-refractivity contribution is 6.32. The van der Waals surface area contributed by atoms with Gasteiger partial charge in [-0.2, -0.15) is 0 Å². The van der Waals surface area contributed by atoms with Crippen LogP contribution in [-0.4, -0.2) is 76.1 Å². The summed E-state index contributed by atoms with van der Waals surface area (Å²) < 4.78 is 7.71. The summed E-state index contributed by atoms with van der Waals surface area (Å²) in [6.45, 7) is 1.91. The van der Waals surface area contributed by atoms with Crippen LogP contribution in [0, 0.1) is 5.92 Å². The van der Waals surface area contributed by atoms with E-state index in [-0.39, 0.29) is 40.5 Å². The summed E-state index contributed by atoms with van der Waals surface area (Å²) in [7, 11) is 1.94. The van der Waals surface area contributed by atoms with Crippen molar-refractivity contribution < 1.29 is 24.2 Å². The fraction of sp³-hybridized carbons (Fsp3) is 0.346. The Hall–Kier alpha value is -3.56. The minimum atomic E-state index is -0.387. The number of amides is 3. The molecular weight excluding hydrogens is 484 g/mol. The number of aromatic hydroxyl groups is 1. The molecule has 10 heteroatoms. The summed E-state index contributed by atoms with van der Waals surface area (Å²) >= 11 is 5.91. The maximum absolute atomic E-state index is 13.3. The number of ether oxygens (including phenoxy) is 1. The van der Waals surface area contributed by atoms with E-state index < -0.39 is 0 Å². The maximum atomic E-state index is 13.3. The van der Waals surface area contributed by atoms with Gasteiger partial charge < -0.3 is 29.9 Å². The molecule has 2 aromatic carbocycles. The first kappa shape index (κ1) is 24.1. The third kappa shape index (κ3) is 4.40. The standard InChI is InChI=1S/C26H27ClN4O5/c1-29-11-17(20-9-15(3-5-22(20)29)25(34)30-12-18(13-30)24(28)33)8-19-14-36-7-6-31(19)26(35)16-2-4-21(27)23(32)10-16/h2-5,9-11,18-19,32H,6-8,12-14H2,1H3,(H2,28,33)/t19-/m0/s1. The molecule has 3 aromatic rings. The molecule has 3 N–H and O–H groups in total. The highest BCUT2D eigenvalue weighted by atomic mass is 35.5. The fourth-order valence-electron chi connectivity index (χ4n) is 4.93. The van der Waals surface area contributed by atoms with Crippen LogP contribution in [0.1, 0.15) is 26.3 Å². The van der Waals surface area contributed by atoms with Gasteiger partial charge in [0, 0.05) is 54.9 Å². The van der Waals surface area contributed by atoms with E-state index in [1.165, 1.54) is 12.1 Å². The Kier molecular flexibility index (Phi) is 6.36. The first-order chi connectivity index (χ1) is 17.2. The highest BCUT2D eigenvalue weighted by Crippen LogP contribution is 2.29. The number of carbonyl (C=O) groups excluding carboxylic acids is 3. The van der Waals surface area contributed by atoms with Gasteiger partial charge in [0.15, 0.2) is 0 Å². The number of hydrogen-bond donors (Lipinski definition) is 2. The van der Waals surface area contributed by atoms with Crippen LogP contribution in [-0.2, 0) is 23.0 Å². The molecule has 0 unspecified atom stereocenters. The van der Waals surface area contributed by atoms with Crippen LogP contribution in [0.2, 0.25) is 5.02 Å². The molecular formula is C26H27ClN4O5. The summed E-state index contributed by atoms with van der Waals surface area (Å²) in [5, 5.41) is 11.1. The number of aryl methyl sites for hydroxylation is 1. The number of rotatable bonds is 5. The molecule has 36 heavy (non-hydrogen) atoms. The number of morpholine rings is 1. The number of likely N-dealkylation sites (tertiary alicyclic amines) is 1. The Morgan fingerprint density at radius 2 is 1.83 bits per heavy atom. The van der Waals surface area contributed by atoms with Gasteiger partial charge in [-0.25, -0.2) is 0 Å².